The van der Waals surface area contributed by atoms with Crippen molar-refractivity contribution in [1.82, 2.24) is 5.32 Å². The Hall–Kier alpha value is -1.77. The number of hydrogen-bond acceptors (Lipinski definition) is 2. The molecule has 18 heavy (non-hydrogen) atoms. The van der Waals surface area contributed by atoms with Crippen molar-refractivity contribution in [2.24, 2.45) is 5.92 Å². The molecule has 2 rings (SSSR count). The Morgan fingerprint density at radius 1 is 1.44 bits per heavy atom. The zero-order valence-electron chi connectivity index (χ0n) is 11.1. The number of carbonyl (C=O) groups is 1. The van der Waals surface area contributed by atoms with E-state index in [0.717, 1.165) is 23.3 Å². The molecule has 3 heteroatoms. The monoisotopic (exact) mass is 245 g/mol. The van der Waals surface area contributed by atoms with E-state index in [1.807, 2.05) is 31.2 Å². The van der Waals surface area contributed by atoms with Gasteiger partial charge in [-0.15, -0.1) is 0 Å². The number of para-hydroxylation sites is 1. The molecule has 0 bridgehead atoms. The van der Waals surface area contributed by atoms with Gasteiger partial charge in [-0.25, -0.2) is 0 Å². The number of amides is 1. The fraction of sp³-hybridized carbons (Fsp3) is 0.400. The Kier molecular flexibility index (Phi) is 3.70. The van der Waals surface area contributed by atoms with E-state index in [4.69, 9.17) is 4.74 Å². The van der Waals surface area contributed by atoms with Crippen LogP contribution < -0.4 is 10.1 Å². The molecule has 2 atom stereocenters. The van der Waals surface area contributed by atoms with Gasteiger partial charge in [0.15, 0.2) is 0 Å². The van der Waals surface area contributed by atoms with Crippen LogP contribution in [0.15, 0.2) is 30.3 Å². The van der Waals surface area contributed by atoms with Crippen LogP contribution in [0.4, 0.5) is 0 Å². The Morgan fingerprint density at radius 3 is 2.72 bits per heavy atom. The third-order valence-electron chi connectivity index (χ3n) is 3.32. The highest BCUT2D eigenvalue weighted by atomic mass is 16.5. The lowest BCUT2D eigenvalue weighted by Gasteiger charge is -2.08. The minimum atomic E-state index is -0.0206. The molecule has 0 spiro atoms. The first kappa shape index (κ1) is 12.7. The van der Waals surface area contributed by atoms with Crippen molar-refractivity contribution >= 4 is 11.5 Å². The Bertz CT molecular complexity index is 479. The van der Waals surface area contributed by atoms with E-state index in [9.17, 15) is 4.79 Å². The van der Waals surface area contributed by atoms with Crippen molar-refractivity contribution in [3.05, 3.63) is 35.9 Å². The Morgan fingerprint density at radius 2 is 2.11 bits per heavy atom. The first-order valence-corrected chi connectivity index (χ1v) is 6.24. The van der Waals surface area contributed by atoms with Crippen LogP contribution in [0, 0.1) is 5.92 Å². The molecule has 96 valence electrons. The molecule has 0 aromatic heterocycles. The van der Waals surface area contributed by atoms with Gasteiger partial charge in [0.1, 0.15) is 5.75 Å². The predicted molar refractivity (Wildman–Crippen MR) is 72.4 cm³/mol. The number of allylic oxidation sites excluding steroid dienone is 1. The highest BCUT2D eigenvalue weighted by Gasteiger charge is 2.33. The molecule has 0 aliphatic heterocycles. The molecule has 1 N–H and O–H groups in total. The predicted octanol–water partition coefficient (Wildman–Crippen LogP) is 2.62. The summed E-state index contributed by atoms with van der Waals surface area (Å²) in [4.78, 5) is 11.8. The molecule has 1 saturated carbocycles. The maximum Gasteiger partial charge on any atom is 0.244 e. The number of hydrogen-bond donors (Lipinski definition) is 1. The molecule has 1 aliphatic carbocycles. The molecule has 0 saturated heterocycles. The van der Waals surface area contributed by atoms with E-state index in [2.05, 4.69) is 12.2 Å². The van der Waals surface area contributed by atoms with Crippen LogP contribution in [0.3, 0.4) is 0 Å². The summed E-state index contributed by atoms with van der Waals surface area (Å²) in [7, 11) is 1.64. The Balaban J connectivity index is 2.09. The number of methoxy groups -OCH3 is 1. The van der Waals surface area contributed by atoms with Crippen molar-refractivity contribution in [2.75, 3.05) is 7.11 Å². The first-order valence-electron chi connectivity index (χ1n) is 6.24. The van der Waals surface area contributed by atoms with Crippen LogP contribution in [0.5, 0.6) is 5.75 Å². The van der Waals surface area contributed by atoms with Gasteiger partial charge in [0, 0.05) is 17.7 Å². The van der Waals surface area contributed by atoms with Crippen molar-refractivity contribution < 1.29 is 9.53 Å². The van der Waals surface area contributed by atoms with Crippen LogP contribution in [-0.4, -0.2) is 19.1 Å². The van der Waals surface area contributed by atoms with Gasteiger partial charge in [-0.1, -0.05) is 25.1 Å². The van der Waals surface area contributed by atoms with E-state index in [0.29, 0.717) is 12.0 Å². The number of rotatable bonds is 4. The summed E-state index contributed by atoms with van der Waals surface area (Å²) in [5, 5.41) is 2.99. The van der Waals surface area contributed by atoms with E-state index in [1.54, 1.807) is 13.2 Å². The zero-order valence-corrected chi connectivity index (χ0v) is 11.1. The van der Waals surface area contributed by atoms with Gasteiger partial charge in [0.05, 0.1) is 7.11 Å². The lowest BCUT2D eigenvalue weighted by molar-refractivity contribution is -0.116. The van der Waals surface area contributed by atoms with Crippen molar-refractivity contribution in [3.8, 4) is 5.75 Å². The highest BCUT2D eigenvalue weighted by molar-refractivity contribution is 5.95. The van der Waals surface area contributed by atoms with Gasteiger partial charge < -0.3 is 10.1 Å². The minimum Gasteiger partial charge on any atom is -0.496 e. The number of ether oxygens (including phenoxy) is 1. The van der Waals surface area contributed by atoms with Crippen molar-refractivity contribution in [1.29, 1.82) is 0 Å². The lowest BCUT2D eigenvalue weighted by Crippen LogP contribution is -2.24. The smallest absolute Gasteiger partial charge is 0.244 e. The summed E-state index contributed by atoms with van der Waals surface area (Å²) in [5.74, 6) is 1.39. The second-order valence-electron chi connectivity index (χ2n) is 4.86. The minimum absolute atomic E-state index is 0.0206. The van der Waals surface area contributed by atoms with Gasteiger partial charge in [0.25, 0.3) is 0 Å². The molecule has 3 nitrogen and oxygen atoms in total. The summed E-state index contributed by atoms with van der Waals surface area (Å²) >= 11 is 0. The van der Waals surface area contributed by atoms with E-state index in [1.165, 1.54) is 0 Å². The third-order valence-corrected chi connectivity index (χ3v) is 3.32. The van der Waals surface area contributed by atoms with Crippen LogP contribution in [0.2, 0.25) is 0 Å². The second-order valence-corrected chi connectivity index (χ2v) is 4.86. The SMILES string of the molecule is COc1ccccc1C(C)=CC(=O)NC1CC1C. The van der Waals surface area contributed by atoms with Crippen LogP contribution in [0.1, 0.15) is 25.8 Å². The average Bonchev–Trinajstić information content (AvgIpc) is 3.04. The average molecular weight is 245 g/mol. The number of benzene rings is 1. The fourth-order valence-electron chi connectivity index (χ4n) is 1.99. The maximum atomic E-state index is 11.8. The van der Waals surface area contributed by atoms with Gasteiger partial charge >= 0.3 is 0 Å². The van der Waals surface area contributed by atoms with Crippen LogP contribution in [0.25, 0.3) is 5.57 Å². The zero-order chi connectivity index (χ0) is 13.1. The molecular weight excluding hydrogens is 226 g/mol. The summed E-state index contributed by atoms with van der Waals surface area (Å²) in [6, 6.07) is 8.07. The second kappa shape index (κ2) is 5.25. The standard InChI is InChI=1S/C15H19NO2/c1-10(9-15(17)16-13-8-11(13)2)12-6-4-5-7-14(12)18-3/h4-7,9,11,13H,8H2,1-3H3,(H,16,17). The van der Waals surface area contributed by atoms with Crippen molar-refractivity contribution in [2.45, 2.75) is 26.3 Å². The summed E-state index contributed by atoms with van der Waals surface area (Å²) in [6.07, 6.45) is 2.73. The van der Waals surface area contributed by atoms with Gasteiger partial charge in [-0.2, -0.15) is 0 Å². The number of nitrogens with one attached hydrogen (secondary N) is 1. The van der Waals surface area contributed by atoms with E-state index in [-0.39, 0.29) is 5.91 Å². The highest BCUT2D eigenvalue weighted by Crippen LogP contribution is 2.29. The molecule has 1 aromatic rings. The van der Waals surface area contributed by atoms with Crippen LogP contribution >= 0.6 is 0 Å². The largest absolute Gasteiger partial charge is 0.496 e. The van der Waals surface area contributed by atoms with Gasteiger partial charge in [-0.05, 0) is 30.9 Å². The summed E-state index contributed by atoms with van der Waals surface area (Å²) in [6.45, 7) is 4.06. The van der Waals surface area contributed by atoms with Crippen molar-refractivity contribution in [3.63, 3.8) is 0 Å². The topological polar surface area (TPSA) is 38.3 Å². The molecule has 2 unspecified atom stereocenters. The van der Waals surface area contributed by atoms with Crippen LogP contribution in [-0.2, 0) is 4.79 Å². The van der Waals surface area contributed by atoms with E-state index < -0.39 is 0 Å². The molecule has 0 heterocycles. The third kappa shape index (κ3) is 2.92. The van der Waals surface area contributed by atoms with E-state index >= 15 is 0 Å². The van der Waals surface area contributed by atoms with Gasteiger partial charge in [0.2, 0.25) is 5.91 Å². The number of carbonyl (C=O) groups excluding carboxylic acids is 1. The Labute approximate surface area is 108 Å². The first-order chi connectivity index (χ1) is 8.61. The normalized spacial score (nSPS) is 22.5. The molecule has 1 amide bonds. The van der Waals surface area contributed by atoms with Gasteiger partial charge in [-0.3, -0.25) is 4.79 Å². The molecule has 0 radical (unpaired) electrons. The molecule has 1 aliphatic rings. The molecule has 1 fully saturated rings. The molecule has 1 aromatic carbocycles. The fourth-order valence-corrected chi connectivity index (χ4v) is 1.99. The summed E-state index contributed by atoms with van der Waals surface area (Å²) < 4.78 is 5.29. The molecular formula is C15H19NO2. The lowest BCUT2D eigenvalue weighted by atomic mass is 10.1. The summed E-state index contributed by atoms with van der Waals surface area (Å²) in [5.41, 5.74) is 1.87. The maximum absolute atomic E-state index is 11.8. The quantitative estimate of drug-likeness (QED) is 0.828.